The van der Waals surface area contributed by atoms with Crippen molar-refractivity contribution in [3.63, 3.8) is 0 Å². The van der Waals surface area contributed by atoms with E-state index in [4.69, 9.17) is 4.42 Å². The van der Waals surface area contributed by atoms with Crippen molar-refractivity contribution in [2.24, 2.45) is 0 Å². The molecular formula is C21H19N5OS2. The van der Waals surface area contributed by atoms with Gasteiger partial charge in [0.15, 0.2) is 11.0 Å². The maximum Gasteiger partial charge on any atom is 0.276 e. The first-order valence-electron chi connectivity index (χ1n) is 9.35. The summed E-state index contributed by atoms with van der Waals surface area (Å²) in [6.07, 6.45) is 0. The Labute approximate surface area is 177 Å². The molecule has 29 heavy (non-hydrogen) atoms. The fraction of sp³-hybridized carbons (Fsp3) is 0.238. The van der Waals surface area contributed by atoms with Crippen LogP contribution in [0.25, 0.3) is 22.8 Å². The zero-order valence-corrected chi connectivity index (χ0v) is 17.7. The highest BCUT2D eigenvalue weighted by Gasteiger charge is 2.29. The Morgan fingerprint density at radius 3 is 2.59 bits per heavy atom. The zero-order valence-electron chi connectivity index (χ0n) is 16.1. The van der Waals surface area contributed by atoms with E-state index in [-0.39, 0.29) is 6.04 Å². The van der Waals surface area contributed by atoms with E-state index in [1.165, 1.54) is 11.1 Å². The van der Waals surface area contributed by atoms with Gasteiger partial charge in [-0.05, 0) is 26.0 Å². The van der Waals surface area contributed by atoms with Gasteiger partial charge in [-0.1, -0.05) is 71.0 Å². The van der Waals surface area contributed by atoms with E-state index in [1.807, 2.05) is 18.2 Å². The molecule has 1 aliphatic rings. The molecule has 0 saturated carbocycles. The van der Waals surface area contributed by atoms with Crippen LogP contribution in [0.2, 0.25) is 0 Å². The number of hydrogen-bond donors (Lipinski definition) is 0. The topological polar surface area (TPSA) is 69.6 Å². The van der Waals surface area contributed by atoms with E-state index in [9.17, 15) is 0 Å². The van der Waals surface area contributed by atoms with Gasteiger partial charge in [-0.2, -0.15) is 0 Å². The monoisotopic (exact) mass is 421 g/mol. The number of benzene rings is 2. The van der Waals surface area contributed by atoms with Crippen LogP contribution < -0.4 is 0 Å². The molecule has 1 unspecified atom stereocenters. The largest absolute Gasteiger partial charge is 0.411 e. The molecule has 5 rings (SSSR count). The van der Waals surface area contributed by atoms with Crippen LogP contribution >= 0.6 is 23.5 Å². The summed E-state index contributed by atoms with van der Waals surface area (Å²) < 4.78 is 8.15. The second kappa shape index (κ2) is 7.68. The molecule has 0 radical (unpaired) electrons. The number of nitrogens with zero attached hydrogens (tertiary/aromatic N) is 5. The quantitative estimate of drug-likeness (QED) is 0.418. The summed E-state index contributed by atoms with van der Waals surface area (Å²) in [5.74, 6) is 3.27. The normalized spacial score (nSPS) is 15.6. The lowest BCUT2D eigenvalue weighted by Gasteiger charge is -2.13. The summed E-state index contributed by atoms with van der Waals surface area (Å²) in [7, 11) is 0. The lowest BCUT2D eigenvalue weighted by Crippen LogP contribution is -2.11. The predicted octanol–water partition coefficient (Wildman–Crippen LogP) is 5.05. The summed E-state index contributed by atoms with van der Waals surface area (Å²) >= 11 is 3.32. The highest BCUT2D eigenvalue weighted by Crippen LogP contribution is 2.39. The van der Waals surface area contributed by atoms with Crippen molar-refractivity contribution >= 4 is 23.5 Å². The minimum absolute atomic E-state index is 0.279. The number of aryl methyl sites for hydroxylation is 2. The summed E-state index contributed by atoms with van der Waals surface area (Å²) in [5.41, 5.74) is 4.41. The molecule has 4 aromatic rings. The molecule has 1 atom stereocenters. The molecule has 6 nitrogen and oxygen atoms in total. The van der Waals surface area contributed by atoms with Crippen molar-refractivity contribution in [1.29, 1.82) is 0 Å². The minimum Gasteiger partial charge on any atom is -0.411 e. The average molecular weight is 422 g/mol. The lowest BCUT2D eigenvalue weighted by molar-refractivity contribution is 0.464. The number of rotatable bonds is 5. The maximum atomic E-state index is 5.92. The summed E-state index contributed by atoms with van der Waals surface area (Å²) in [6, 6.07) is 16.7. The van der Waals surface area contributed by atoms with Crippen molar-refractivity contribution in [2.45, 2.75) is 30.3 Å². The first-order valence-corrected chi connectivity index (χ1v) is 11.3. The Kier molecular flexibility index (Phi) is 4.89. The van der Waals surface area contributed by atoms with Gasteiger partial charge < -0.3 is 4.42 Å². The van der Waals surface area contributed by atoms with Gasteiger partial charge in [-0.3, -0.25) is 4.57 Å². The Morgan fingerprint density at radius 1 is 1.00 bits per heavy atom. The van der Waals surface area contributed by atoms with E-state index in [1.54, 1.807) is 23.5 Å². The lowest BCUT2D eigenvalue weighted by atomic mass is 10.1. The number of fused-ring (bicyclic) bond motifs is 1. The Balaban J connectivity index is 1.33. The van der Waals surface area contributed by atoms with Crippen LogP contribution in [0.15, 0.2) is 63.3 Å². The van der Waals surface area contributed by atoms with Gasteiger partial charge in [0, 0.05) is 22.6 Å². The van der Waals surface area contributed by atoms with Crippen LogP contribution in [0.5, 0.6) is 0 Å². The molecule has 0 amide bonds. The van der Waals surface area contributed by atoms with Crippen LogP contribution in [0, 0.1) is 13.8 Å². The number of aromatic nitrogens is 5. The van der Waals surface area contributed by atoms with Crippen LogP contribution in [-0.4, -0.2) is 36.5 Å². The van der Waals surface area contributed by atoms with Gasteiger partial charge in [0.2, 0.25) is 5.89 Å². The molecule has 1 aliphatic heterocycles. The van der Waals surface area contributed by atoms with Crippen molar-refractivity contribution in [1.82, 2.24) is 25.0 Å². The second-order valence-corrected chi connectivity index (χ2v) is 9.03. The molecule has 0 aliphatic carbocycles. The van der Waals surface area contributed by atoms with E-state index in [0.717, 1.165) is 33.6 Å². The average Bonchev–Trinajstić information content (AvgIpc) is 3.43. The van der Waals surface area contributed by atoms with E-state index >= 15 is 0 Å². The van der Waals surface area contributed by atoms with Gasteiger partial charge in [-0.25, -0.2) is 0 Å². The van der Waals surface area contributed by atoms with Gasteiger partial charge in [0.25, 0.3) is 5.22 Å². The Hall–Kier alpha value is -2.58. The van der Waals surface area contributed by atoms with Gasteiger partial charge >= 0.3 is 0 Å². The smallest absolute Gasteiger partial charge is 0.276 e. The molecule has 0 fully saturated rings. The van der Waals surface area contributed by atoms with Crippen LogP contribution in [-0.2, 0) is 0 Å². The Bertz CT molecular complexity index is 1130. The molecular weight excluding hydrogens is 402 g/mol. The van der Waals surface area contributed by atoms with Crippen LogP contribution in [0.4, 0.5) is 0 Å². The van der Waals surface area contributed by atoms with E-state index in [0.29, 0.717) is 11.1 Å². The SMILES string of the molecule is Cc1cc(C)cc(-c2nnc(SCC3CSc4nnc(-c5ccccc5)n43)o2)c1. The highest BCUT2D eigenvalue weighted by molar-refractivity contribution is 8.00. The van der Waals surface area contributed by atoms with Crippen LogP contribution in [0.1, 0.15) is 17.2 Å². The third-order valence-electron chi connectivity index (χ3n) is 4.74. The fourth-order valence-corrected chi connectivity index (χ4v) is 5.58. The molecule has 8 heteroatoms. The van der Waals surface area contributed by atoms with E-state index in [2.05, 4.69) is 69.1 Å². The molecule has 0 bridgehead atoms. The summed E-state index contributed by atoms with van der Waals surface area (Å²) in [4.78, 5) is 0. The second-order valence-electron chi connectivity index (χ2n) is 7.07. The Morgan fingerprint density at radius 2 is 1.79 bits per heavy atom. The predicted molar refractivity (Wildman–Crippen MR) is 115 cm³/mol. The van der Waals surface area contributed by atoms with Crippen LogP contribution in [0.3, 0.4) is 0 Å². The summed E-state index contributed by atoms with van der Waals surface area (Å²) in [6.45, 7) is 4.14. The third kappa shape index (κ3) is 3.70. The molecule has 0 spiro atoms. The van der Waals surface area contributed by atoms with Crippen molar-refractivity contribution in [3.8, 4) is 22.8 Å². The van der Waals surface area contributed by atoms with Crippen molar-refractivity contribution < 1.29 is 4.42 Å². The standard InChI is InChI=1S/C21H19N5OS2/c1-13-8-14(2)10-16(9-13)19-23-25-21(27-19)29-12-17-11-28-20-24-22-18(26(17)20)15-6-4-3-5-7-15/h3-10,17H,11-12H2,1-2H3. The van der Waals surface area contributed by atoms with Crippen molar-refractivity contribution in [2.75, 3.05) is 11.5 Å². The van der Waals surface area contributed by atoms with Gasteiger partial charge in [-0.15, -0.1) is 20.4 Å². The number of hydrogen-bond acceptors (Lipinski definition) is 7. The maximum absolute atomic E-state index is 5.92. The molecule has 146 valence electrons. The molecule has 3 heterocycles. The number of thioether (sulfide) groups is 2. The first-order chi connectivity index (χ1) is 14.2. The van der Waals surface area contributed by atoms with Crippen molar-refractivity contribution in [3.05, 3.63) is 59.7 Å². The third-order valence-corrected chi connectivity index (χ3v) is 6.79. The van der Waals surface area contributed by atoms with Gasteiger partial charge in [0.05, 0.1) is 6.04 Å². The fourth-order valence-electron chi connectivity index (χ4n) is 3.51. The molecule has 0 saturated heterocycles. The first kappa shape index (κ1) is 18.4. The van der Waals surface area contributed by atoms with E-state index < -0.39 is 0 Å². The molecule has 2 aromatic carbocycles. The zero-order chi connectivity index (χ0) is 19.8. The minimum atomic E-state index is 0.279. The van der Waals surface area contributed by atoms with Gasteiger partial charge in [0.1, 0.15) is 0 Å². The molecule has 0 N–H and O–H groups in total. The molecule has 2 aromatic heterocycles. The summed E-state index contributed by atoms with van der Waals surface area (Å²) in [5, 5.41) is 18.8. The highest BCUT2D eigenvalue weighted by atomic mass is 32.2.